The summed E-state index contributed by atoms with van der Waals surface area (Å²) in [7, 11) is 0. The van der Waals surface area contributed by atoms with Crippen LogP contribution >= 0.6 is 24.2 Å². The van der Waals surface area contributed by atoms with E-state index in [4.69, 9.17) is 16.9 Å². The molecule has 80 valence electrons. The summed E-state index contributed by atoms with van der Waals surface area (Å²) in [6.45, 7) is 0. The van der Waals surface area contributed by atoms with Gasteiger partial charge in [0, 0.05) is 16.3 Å². The number of rotatable bonds is 3. The van der Waals surface area contributed by atoms with Gasteiger partial charge in [0.15, 0.2) is 0 Å². The maximum Gasteiger partial charge on any atom is 0.107 e. The number of nitrogens with zero attached hydrogens (tertiary/aromatic N) is 1. The predicted molar refractivity (Wildman–Crippen MR) is 61.0 cm³/mol. The molecular formula is C10H10ClNO2S. The van der Waals surface area contributed by atoms with E-state index in [-0.39, 0.29) is 10.8 Å². The Bertz CT molecular complexity index is 391. The van der Waals surface area contributed by atoms with Crippen molar-refractivity contribution in [1.82, 2.24) is 0 Å². The number of aliphatic hydroxyl groups is 2. The number of thiol groups is 1. The van der Waals surface area contributed by atoms with Gasteiger partial charge in [-0.1, -0.05) is 17.7 Å². The molecule has 0 aliphatic carbocycles. The van der Waals surface area contributed by atoms with Gasteiger partial charge in [0.1, 0.15) is 6.10 Å². The Morgan fingerprint density at radius 3 is 2.60 bits per heavy atom. The highest BCUT2D eigenvalue weighted by Crippen LogP contribution is 2.26. The van der Waals surface area contributed by atoms with E-state index in [1.807, 2.05) is 6.07 Å². The van der Waals surface area contributed by atoms with E-state index in [9.17, 15) is 10.2 Å². The smallest absolute Gasteiger partial charge is 0.107 e. The number of hydrogen-bond donors (Lipinski definition) is 3. The Labute approximate surface area is 98.3 Å². The second-order valence-electron chi connectivity index (χ2n) is 3.04. The molecule has 1 aromatic carbocycles. The molecule has 0 spiro atoms. The second-order valence-corrected chi connectivity index (χ2v) is 3.82. The first-order valence-corrected chi connectivity index (χ1v) is 5.27. The van der Waals surface area contributed by atoms with E-state index in [1.54, 1.807) is 0 Å². The summed E-state index contributed by atoms with van der Waals surface area (Å²) >= 11 is 9.73. The fourth-order valence-corrected chi connectivity index (χ4v) is 1.64. The zero-order chi connectivity index (χ0) is 11.4. The van der Waals surface area contributed by atoms with Crippen LogP contribution in [0.15, 0.2) is 18.2 Å². The van der Waals surface area contributed by atoms with Crippen molar-refractivity contribution in [2.45, 2.75) is 12.2 Å². The van der Waals surface area contributed by atoms with Crippen LogP contribution in [0.3, 0.4) is 0 Å². The van der Waals surface area contributed by atoms with Gasteiger partial charge in [-0.05, 0) is 12.1 Å². The highest BCUT2D eigenvalue weighted by atomic mass is 35.5. The largest absolute Gasteiger partial charge is 0.389 e. The SMILES string of the molecule is N#Cc1ccc(C(O)C(O)CS)c(Cl)c1. The van der Waals surface area contributed by atoms with E-state index in [0.29, 0.717) is 11.1 Å². The van der Waals surface area contributed by atoms with Crippen LogP contribution in [0.1, 0.15) is 17.2 Å². The van der Waals surface area contributed by atoms with Crippen LogP contribution in [0, 0.1) is 11.3 Å². The predicted octanol–water partition coefficient (Wildman–Crippen LogP) is 1.54. The minimum Gasteiger partial charge on any atom is -0.389 e. The zero-order valence-corrected chi connectivity index (χ0v) is 9.41. The van der Waals surface area contributed by atoms with Gasteiger partial charge in [0.2, 0.25) is 0 Å². The second kappa shape index (κ2) is 5.38. The molecule has 2 atom stereocenters. The summed E-state index contributed by atoms with van der Waals surface area (Å²) in [6, 6.07) is 6.45. The van der Waals surface area contributed by atoms with Gasteiger partial charge in [-0.25, -0.2) is 0 Å². The van der Waals surface area contributed by atoms with Crippen LogP contribution in [0.4, 0.5) is 0 Å². The number of aliphatic hydroxyl groups excluding tert-OH is 2. The Morgan fingerprint density at radius 2 is 2.13 bits per heavy atom. The first kappa shape index (κ1) is 12.3. The molecule has 5 heteroatoms. The summed E-state index contributed by atoms with van der Waals surface area (Å²) in [5, 5.41) is 27.9. The molecule has 2 unspecified atom stereocenters. The third kappa shape index (κ3) is 2.86. The number of hydrogen-bond acceptors (Lipinski definition) is 4. The van der Waals surface area contributed by atoms with Gasteiger partial charge in [-0.2, -0.15) is 17.9 Å². The van der Waals surface area contributed by atoms with Crippen LogP contribution in [-0.2, 0) is 0 Å². The van der Waals surface area contributed by atoms with Crippen molar-refractivity contribution in [2.75, 3.05) is 5.75 Å². The van der Waals surface area contributed by atoms with E-state index < -0.39 is 12.2 Å². The fourth-order valence-electron chi connectivity index (χ4n) is 1.14. The summed E-state index contributed by atoms with van der Waals surface area (Å²) in [6.07, 6.45) is -2.05. The molecule has 0 aliphatic rings. The Hall–Kier alpha value is -0.730. The minimum atomic E-state index is -1.08. The van der Waals surface area contributed by atoms with Gasteiger partial charge in [0.05, 0.1) is 17.7 Å². The lowest BCUT2D eigenvalue weighted by Gasteiger charge is -2.17. The first-order chi connectivity index (χ1) is 7.10. The lowest BCUT2D eigenvalue weighted by molar-refractivity contribution is 0.0338. The molecule has 1 aromatic rings. The van der Waals surface area contributed by atoms with Crippen molar-refractivity contribution in [3.63, 3.8) is 0 Å². The van der Waals surface area contributed by atoms with Gasteiger partial charge >= 0.3 is 0 Å². The summed E-state index contributed by atoms with van der Waals surface area (Å²) < 4.78 is 0. The fraction of sp³-hybridized carbons (Fsp3) is 0.300. The Kier molecular flexibility index (Phi) is 4.43. The zero-order valence-electron chi connectivity index (χ0n) is 7.76. The number of nitriles is 1. The molecule has 0 aliphatic heterocycles. The molecular weight excluding hydrogens is 234 g/mol. The standard InChI is InChI=1S/C10H10ClNO2S/c11-8-3-6(4-12)1-2-7(8)10(14)9(13)5-15/h1-3,9-10,13-15H,5H2. The monoisotopic (exact) mass is 243 g/mol. The molecule has 0 amide bonds. The molecule has 0 saturated carbocycles. The van der Waals surface area contributed by atoms with Gasteiger partial charge in [0.25, 0.3) is 0 Å². The van der Waals surface area contributed by atoms with Gasteiger partial charge < -0.3 is 10.2 Å². The van der Waals surface area contributed by atoms with E-state index in [2.05, 4.69) is 12.6 Å². The molecule has 15 heavy (non-hydrogen) atoms. The number of halogens is 1. The minimum absolute atomic E-state index is 0.136. The van der Waals surface area contributed by atoms with Crippen molar-refractivity contribution in [2.24, 2.45) is 0 Å². The highest BCUT2D eigenvalue weighted by molar-refractivity contribution is 7.80. The number of benzene rings is 1. The van der Waals surface area contributed by atoms with Crippen molar-refractivity contribution in [3.8, 4) is 6.07 Å². The third-order valence-electron chi connectivity index (χ3n) is 2.00. The average molecular weight is 244 g/mol. The molecule has 0 bridgehead atoms. The molecule has 3 nitrogen and oxygen atoms in total. The van der Waals surface area contributed by atoms with E-state index >= 15 is 0 Å². The van der Waals surface area contributed by atoms with Crippen molar-refractivity contribution >= 4 is 24.2 Å². The molecule has 0 heterocycles. The van der Waals surface area contributed by atoms with Crippen LogP contribution < -0.4 is 0 Å². The van der Waals surface area contributed by atoms with E-state index in [0.717, 1.165) is 0 Å². The van der Waals surface area contributed by atoms with E-state index in [1.165, 1.54) is 18.2 Å². The van der Waals surface area contributed by atoms with Crippen LogP contribution in [-0.4, -0.2) is 22.1 Å². The molecule has 1 rings (SSSR count). The summed E-state index contributed by atoms with van der Waals surface area (Å²) in [4.78, 5) is 0. The lowest BCUT2D eigenvalue weighted by Crippen LogP contribution is -2.20. The molecule has 0 saturated heterocycles. The maximum atomic E-state index is 9.67. The Morgan fingerprint density at radius 1 is 1.47 bits per heavy atom. The molecule has 0 fully saturated rings. The van der Waals surface area contributed by atoms with Crippen LogP contribution in [0.5, 0.6) is 0 Å². The third-order valence-corrected chi connectivity index (χ3v) is 2.70. The first-order valence-electron chi connectivity index (χ1n) is 4.26. The van der Waals surface area contributed by atoms with Gasteiger partial charge in [-0.15, -0.1) is 0 Å². The maximum absolute atomic E-state index is 9.67. The van der Waals surface area contributed by atoms with Crippen LogP contribution in [0.2, 0.25) is 5.02 Å². The average Bonchev–Trinajstić information content (AvgIpc) is 2.26. The van der Waals surface area contributed by atoms with Crippen molar-refractivity contribution < 1.29 is 10.2 Å². The molecule has 2 N–H and O–H groups in total. The summed E-state index contributed by atoms with van der Waals surface area (Å²) in [5.74, 6) is 0.136. The lowest BCUT2D eigenvalue weighted by atomic mass is 10.0. The Balaban J connectivity index is 3.01. The van der Waals surface area contributed by atoms with Gasteiger partial charge in [-0.3, -0.25) is 0 Å². The topological polar surface area (TPSA) is 64.2 Å². The normalized spacial score (nSPS) is 14.3. The molecule has 0 aromatic heterocycles. The van der Waals surface area contributed by atoms with Crippen molar-refractivity contribution in [3.05, 3.63) is 34.3 Å². The summed E-state index contributed by atoms with van der Waals surface area (Å²) in [5.41, 5.74) is 0.813. The quantitative estimate of drug-likeness (QED) is 0.706. The highest BCUT2D eigenvalue weighted by Gasteiger charge is 2.19. The molecule has 0 radical (unpaired) electrons. The van der Waals surface area contributed by atoms with Crippen LogP contribution in [0.25, 0.3) is 0 Å². The van der Waals surface area contributed by atoms with Crippen molar-refractivity contribution in [1.29, 1.82) is 5.26 Å².